The van der Waals surface area contributed by atoms with Gasteiger partial charge in [-0.05, 0) is 18.9 Å². The molecule has 2 heterocycles. The van der Waals surface area contributed by atoms with Crippen molar-refractivity contribution < 1.29 is 63.2 Å². The molecule has 5 atom stereocenters. The maximum Gasteiger partial charge on any atom is 1.00 e. The number of aliphatic hydroxyl groups excluding tert-OH is 2. The summed E-state index contributed by atoms with van der Waals surface area (Å²) in [5, 5.41) is 20.5. The van der Waals surface area contributed by atoms with E-state index in [2.05, 4.69) is 4.98 Å². The van der Waals surface area contributed by atoms with Crippen LogP contribution in [0.5, 0.6) is 0 Å². The molecule has 0 aliphatic carbocycles. The Morgan fingerprint density at radius 3 is 1.95 bits per heavy atom. The van der Waals surface area contributed by atoms with Gasteiger partial charge in [0.2, 0.25) is 0 Å². The van der Waals surface area contributed by atoms with Gasteiger partial charge >= 0.3 is 35.2 Å². The molecular formula is C27H49N3NaO8P. The second-order valence-corrected chi connectivity index (χ2v) is 12.4. The molecule has 1 aliphatic heterocycles. The molecule has 4 N–H and O–H groups in total. The van der Waals surface area contributed by atoms with Gasteiger partial charge in [0.25, 0.3) is 0 Å². The molecule has 226 valence electrons. The molecule has 1 aromatic heterocycles. The Kier molecular flexibility index (Phi) is 20.1. The van der Waals surface area contributed by atoms with E-state index >= 15 is 0 Å². The Hall–Kier alpha value is -0.330. The van der Waals surface area contributed by atoms with Gasteiger partial charge in [0, 0.05) is 26.1 Å². The van der Waals surface area contributed by atoms with Crippen LogP contribution >= 0.6 is 7.60 Å². The number of nitrogen functional groups attached to an aromatic ring is 1. The number of methoxy groups -OCH3 is 1. The largest absolute Gasteiger partial charge is 1.00 e. The number of rotatable bonds is 22. The van der Waals surface area contributed by atoms with E-state index in [9.17, 15) is 24.5 Å². The number of aromatic nitrogens is 2. The Morgan fingerprint density at radius 1 is 0.950 bits per heavy atom. The minimum absolute atomic E-state index is 0. The average molecular weight is 598 g/mol. The van der Waals surface area contributed by atoms with Crippen LogP contribution < -0.4 is 45.9 Å². The summed E-state index contributed by atoms with van der Waals surface area (Å²) in [6.07, 6.45) is 13.5. The van der Waals surface area contributed by atoms with Crippen molar-refractivity contribution in [3.8, 4) is 0 Å². The Morgan fingerprint density at radius 2 is 1.45 bits per heavy atom. The number of ether oxygens (including phenoxy) is 2. The minimum Gasteiger partial charge on any atom is -0.778 e. The van der Waals surface area contributed by atoms with Crippen molar-refractivity contribution in [2.75, 3.05) is 32.2 Å². The molecule has 0 spiro atoms. The summed E-state index contributed by atoms with van der Waals surface area (Å²) >= 11 is 0. The molecule has 1 fully saturated rings. The molecule has 1 aromatic rings. The van der Waals surface area contributed by atoms with E-state index < -0.39 is 44.4 Å². The van der Waals surface area contributed by atoms with Crippen molar-refractivity contribution in [2.24, 2.45) is 0 Å². The fourth-order valence-corrected chi connectivity index (χ4v) is 5.93. The fraction of sp³-hybridized carbons (Fsp3) is 0.852. The van der Waals surface area contributed by atoms with Gasteiger partial charge in [0.15, 0.2) is 6.23 Å². The molecule has 0 saturated carbocycles. The van der Waals surface area contributed by atoms with Crippen molar-refractivity contribution in [3.05, 3.63) is 22.7 Å². The third-order valence-corrected chi connectivity index (χ3v) is 8.59. The van der Waals surface area contributed by atoms with E-state index in [1.165, 1.54) is 82.9 Å². The van der Waals surface area contributed by atoms with Crippen LogP contribution in [0.4, 0.5) is 5.82 Å². The number of anilines is 1. The van der Waals surface area contributed by atoms with Crippen molar-refractivity contribution in [1.29, 1.82) is 0 Å². The van der Waals surface area contributed by atoms with Gasteiger partial charge in [-0.3, -0.25) is 4.57 Å². The van der Waals surface area contributed by atoms with E-state index in [4.69, 9.17) is 19.7 Å². The standard InChI is InChI=1S/C27H50N3O8P.Na/c1-36-19-15-13-11-9-7-5-3-2-4-6-8-10-12-14-16-20-39(34,35)37-21-22-24(31)25(32)26(38-22)30-18-17-23(28)29-27(30)33;/h17-18,22,24-26,31-32H,2-16,19-21H2,1H3,(H,34,35)(H2,28,29,33);/q;+1/p-1/t22-,24?,25-,26-;/m1./s1. The van der Waals surface area contributed by atoms with Gasteiger partial charge in [-0.15, -0.1) is 0 Å². The zero-order valence-corrected chi connectivity index (χ0v) is 27.3. The summed E-state index contributed by atoms with van der Waals surface area (Å²) in [5.74, 6) is 0.0121. The summed E-state index contributed by atoms with van der Waals surface area (Å²) in [6, 6.07) is 1.36. The van der Waals surface area contributed by atoms with Crippen molar-refractivity contribution in [3.63, 3.8) is 0 Å². The van der Waals surface area contributed by atoms with Gasteiger partial charge < -0.3 is 39.4 Å². The van der Waals surface area contributed by atoms with Crippen molar-refractivity contribution in [2.45, 2.75) is 121 Å². The van der Waals surface area contributed by atoms with Crippen LogP contribution in [0.2, 0.25) is 0 Å². The maximum absolute atomic E-state index is 12.3. The van der Waals surface area contributed by atoms with Gasteiger partial charge in [0.05, 0.1) is 6.61 Å². The first-order valence-corrected chi connectivity index (χ1v) is 16.3. The summed E-state index contributed by atoms with van der Waals surface area (Å²) in [7, 11) is -2.36. The molecule has 0 amide bonds. The van der Waals surface area contributed by atoms with Gasteiger partial charge in [-0.1, -0.05) is 83.5 Å². The molecular weight excluding hydrogens is 548 g/mol. The number of hydrogen-bond donors (Lipinski definition) is 3. The minimum atomic E-state index is -4.11. The predicted molar refractivity (Wildman–Crippen MR) is 148 cm³/mol. The van der Waals surface area contributed by atoms with E-state index in [0.717, 1.165) is 30.4 Å². The fourth-order valence-electron chi connectivity index (χ4n) is 4.82. The molecule has 11 nitrogen and oxygen atoms in total. The summed E-state index contributed by atoms with van der Waals surface area (Å²) in [6.45, 7) is 0.432. The third kappa shape index (κ3) is 14.7. The maximum atomic E-state index is 12.3. The van der Waals surface area contributed by atoms with Crippen molar-refractivity contribution >= 4 is 13.4 Å². The van der Waals surface area contributed by atoms with Crippen LogP contribution in [0.1, 0.15) is 103 Å². The quantitative estimate of drug-likeness (QED) is 0.0973. The van der Waals surface area contributed by atoms with E-state index in [1.54, 1.807) is 7.11 Å². The second-order valence-electron chi connectivity index (χ2n) is 10.5. The first-order chi connectivity index (χ1) is 18.7. The molecule has 40 heavy (non-hydrogen) atoms. The summed E-state index contributed by atoms with van der Waals surface area (Å²) in [4.78, 5) is 27.9. The third-order valence-electron chi connectivity index (χ3n) is 7.18. The van der Waals surface area contributed by atoms with Crippen LogP contribution in [0.25, 0.3) is 0 Å². The molecule has 0 aromatic carbocycles. The zero-order chi connectivity index (χ0) is 28.5. The monoisotopic (exact) mass is 597 g/mol. The van der Waals surface area contributed by atoms with Crippen LogP contribution in [0.3, 0.4) is 0 Å². The summed E-state index contributed by atoms with van der Waals surface area (Å²) < 4.78 is 29.0. The first-order valence-electron chi connectivity index (χ1n) is 14.5. The molecule has 1 saturated heterocycles. The van der Waals surface area contributed by atoms with Gasteiger partial charge in [-0.25, -0.2) is 4.79 Å². The van der Waals surface area contributed by atoms with Crippen LogP contribution in [0.15, 0.2) is 17.1 Å². The van der Waals surface area contributed by atoms with Crippen molar-refractivity contribution in [1.82, 2.24) is 9.55 Å². The van der Waals surface area contributed by atoms with Crippen LogP contribution in [-0.2, 0) is 18.6 Å². The molecule has 0 bridgehead atoms. The van der Waals surface area contributed by atoms with E-state index in [0.29, 0.717) is 6.42 Å². The normalized spacial score (nSPS) is 22.2. The first kappa shape index (κ1) is 37.7. The van der Waals surface area contributed by atoms with Gasteiger partial charge in [0.1, 0.15) is 31.7 Å². The predicted octanol–water partition coefficient (Wildman–Crippen LogP) is 0.517. The van der Waals surface area contributed by atoms with Crippen LogP contribution in [-0.4, -0.2) is 64.6 Å². The molecule has 1 aliphatic rings. The Balaban J connectivity index is 0.00000800. The molecule has 13 heteroatoms. The van der Waals surface area contributed by atoms with Crippen LogP contribution in [0, 0.1) is 0 Å². The smallest absolute Gasteiger partial charge is 0.778 e. The average Bonchev–Trinajstić information content (AvgIpc) is 3.18. The topological polar surface area (TPSA) is 169 Å². The second kappa shape index (κ2) is 21.4. The molecule has 2 rings (SSSR count). The number of aliphatic hydroxyl groups is 2. The summed E-state index contributed by atoms with van der Waals surface area (Å²) in [5.41, 5.74) is 4.71. The Labute approximate surface area is 261 Å². The van der Waals surface area contributed by atoms with E-state index in [1.807, 2.05) is 0 Å². The zero-order valence-electron chi connectivity index (χ0n) is 24.5. The SMILES string of the molecule is COCCCCCCCCCCCCCCCCCP(=O)([O-])OC[C@H]1O[C@@H](n2ccc(N)nc2=O)[C@H](O)C1O.[Na+]. The number of unbranched alkanes of at least 4 members (excludes halogenated alkanes) is 14. The number of nitrogens with two attached hydrogens (primary N) is 1. The Bertz CT molecular complexity index is 909. The number of nitrogens with zero attached hydrogens (tertiary/aromatic N) is 2. The molecule has 0 radical (unpaired) electrons. The van der Waals surface area contributed by atoms with E-state index in [-0.39, 0.29) is 41.5 Å². The molecule has 2 unspecified atom stereocenters. The number of hydrogen-bond acceptors (Lipinski definition) is 10. The van der Waals surface area contributed by atoms with Gasteiger partial charge in [-0.2, -0.15) is 4.98 Å².